The second kappa shape index (κ2) is 5.86. The molecular weight excluding hydrogens is 278 g/mol. The van der Waals surface area contributed by atoms with Gasteiger partial charge < -0.3 is 9.47 Å². The maximum atomic E-state index is 10.8. The number of hydrogen-bond donors (Lipinski definition) is 0. The lowest BCUT2D eigenvalue weighted by Gasteiger charge is -2.27. The molecule has 0 atom stereocenters. The summed E-state index contributed by atoms with van der Waals surface area (Å²) in [4.78, 5) is 14.9. The van der Waals surface area contributed by atoms with E-state index in [0.717, 1.165) is 36.8 Å². The number of aryl methyl sites for hydroxylation is 1. The average molecular weight is 296 g/mol. The molecule has 0 heterocycles. The molecule has 0 saturated heterocycles. The van der Waals surface area contributed by atoms with Crippen molar-refractivity contribution in [3.63, 3.8) is 0 Å². The molecule has 0 aromatic heterocycles. The van der Waals surface area contributed by atoms with Crippen LogP contribution in [-0.2, 0) is 10.3 Å². The number of nitrogens with zero attached hydrogens (tertiary/aromatic N) is 1. The van der Waals surface area contributed by atoms with Gasteiger partial charge in [0.25, 0.3) is 0 Å². The summed E-state index contributed by atoms with van der Waals surface area (Å²) in [5.41, 5.74) is 1.19. The van der Waals surface area contributed by atoms with E-state index in [2.05, 4.69) is 4.99 Å². The molecule has 0 N–H and O–H groups in total. The van der Waals surface area contributed by atoms with Gasteiger partial charge in [-0.3, -0.25) is 0 Å². The van der Waals surface area contributed by atoms with E-state index in [0.29, 0.717) is 16.5 Å². The molecule has 5 heteroatoms. The Morgan fingerprint density at radius 3 is 2.35 bits per heavy atom. The maximum absolute atomic E-state index is 10.8. The third kappa shape index (κ3) is 2.30. The van der Waals surface area contributed by atoms with Gasteiger partial charge in [0.2, 0.25) is 6.08 Å². The summed E-state index contributed by atoms with van der Waals surface area (Å²) < 4.78 is 10.8. The molecule has 0 bridgehead atoms. The van der Waals surface area contributed by atoms with Crippen LogP contribution in [0.3, 0.4) is 0 Å². The SMILES string of the molecule is COc1c(C)cc(C2(N=C=O)CCCC2)c(OC)c1Cl. The van der Waals surface area contributed by atoms with E-state index in [4.69, 9.17) is 21.1 Å². The van der Waals surface area contributed by atoms with E-state index >= 15 is 0 Å². The number of methoxy groups -OCH3 is 2. The van der Waals surface area contributed by atoms with E-state index in [-0.39, 0.29) is 0 Å². The lowest BCUT2D eigenvalue weighted by molar-refractivity contribution is 0.369. The van der Waals surface area contributed by atoms with Crippen LogP contribution in [0.15, 0.2) is 11.1 Å². The van der Waals surface area contributed by atoms with Crippen LogP contribution in [-0.4, -0.2) is 20.3 Å². The molecule has 0 unspecified atom stereocenters. The van der Waals surface area contributed by atoms with Gasteiger partial charge >= 0.3 is 0 Å². The molecule has 0 spiro atoms. The van der Waals surface area contributed by atoms with Crippen LogP contribution in [0.5, 0.6) is 11.5 Å². The van der Waals surface area contributed by atoms with Crippen LogP contribution in [0, 0.1) is 6.92 Å². The lowest BCUT2D eigenvalue weighted by atomic mass is 9.87. The Morgan fingerprint density at radius 1 is 1.25 bits per heavy atom. The molecule has 0 aliphatic heterocycles. The minimum Gasteiger partial charge on any atom is -0.495 e. The Hall–Kier alpha value is -1.51. The molecule has 1 saturated carbocycles. The fourth-order valence-electron chi connectivity index (χ4n) is 3.03. The Kier molecular flexibility index (Phi) is 4.36. The molecule has 1 fully saturated rings. The number of rotatable bonds is 4. The number of halogens is 1. The minimum absolute atomic E-state index is 0.428. The smallest absolute Gasteiger partial charge is 0.235 e. The standard InChI is InChI=1S/C15H18ClNO3/c1-10-8-11(14(20-3)12(16)13(10)19-2)15(17-9-18)6-4-5-7-15/h8H,4-7H2,1-3H3. The first-order valence-electron chi connectivity index (χ1n) is 6.60. The van der Waals surface area contributed by atoms with Gasteiger partial charge in [0.1, 0.15) is 22.1 Å². The van der Waals surface area contributed by atoms with E-state index in [1.807, 2.05) is 13.0 Å². The highest BCUT2D eigenvalue weighted by atomic mass is 35.5. The van der Waals surface area contributed by atoms with Crippen LogP contribution in [0.4, 0.5) is 0 Å². The topological polar surface area (TPSA) is 47.9 Å². The Morgan fingerprint density at radius 2 is 1.85 bits per heavy atom. The summed E-state index contributed by atoms with van der Waals surface area (Å²) in [6.45, 7) is 1.92. The van der Waals surface area contributed by atoms with E-state index in [1.54, 1.807) is 20.3 Å². The van der Waals surface area contributed by atoms with Crippen molar-refractivity contribution < 1.29 is 14.3 Å². The molecule has 20 heavy (non-hydrogen) atoms. The first-order chi connectivity index (χ1) is 9.59. The van der Waals surface area contributed by atoms with Gasteiger partial charge in [-0.15, -0.1) is 0 Å². The second-order valence-corrected chi connectivity index (χ2v) is 5.44. The van der Waals surface area contributed by atoms with Gasteiger partial charge in [-0.1, -0.05) is 24.4 Å². The number of isocyanates is 1. The van der Waals surface area contributed by atoms with Crippen molar-refractivity contribution in [2.24, 2.45) is 4.99 Å². The van der Waals surface area contributed by atoms with Crippen LogP contribution >= 0.6 is 11.6 Å². The minimum atomic E-state index is -0.562. The molecule has 2 rings (SSSR count). The van der Waals surface area contributed by atoms with Crippen molar-refractivity contribution in [2.75, 3.05) is 14.2 Å². The van der Waals surface area contributed by atoms with Crippen molar-refractivity contribution in [1.29, 1.82) is 0 Å². The number of benzene rings is 1. The molecule has 1 aromatic carbocycles. The van der Waals surface area contributed by atoms with Crippen molar-refractivity contribution in [1.82, 2.24) is 0 Å². The highest BCUT2D eigenvalue weighted by Crippen LogP contribution is 2.50. The molecule has 1 aliphatic rings. The summed E-state index contributed by atoms with van der Waals surface area (Å²) >= 11 is 6.37. The largest absolute Gasteiger partial charge is 0.495 e. The van der Waals surface area contributed by atoms with Gasteiger partial charge in [-0.2, -0.15) is 4.99 Å². The van der Waals surface area contributed by atoms with Crippen LogP contribution in [0.25, 0.3) is 0 Å². The average Bonchev–Trinajstić information content (AvgIpc) is 2.89. The molecule has 1 aromatic rings. The number of ether oxygens (including phenoxy) is 2. The molecule has 0 amide bonds. The molecule has 4 nitrogen and oxygen atoms in total. The lowest BCUT2D eigenvalue weighted by Crippen LogP contribution is -2.20. The number of aliphatic imine (C=N–C) groups is 1. The van der Waals surface area contributed by atoms with Gasteiger partial charge in [0.05, 0.1) is 14.2 Å². The van der Waals surface area contributed by atoms with Gasteiger partial charge in [-0.05, 0) is 31.4 Å². The first-order valence-corrected chi connectivity index (χ1v) is 6.98. The van der Waals surface area contributed by atoms with Gasteiger partial charge in [-0.25, -0.2) is 4.79 Å². The zero-order valence-corrected chi connectivity index (χ0v) is 12.7. The normalized spacial score (nSPS) is 16.6. The highest BCUT2D eigenvalue weighted by Gasteiger charge is 2.39. The summed E-state index contributed by atoms with van der Waals surface area (Å²) in [7, 11) is 3.13. The van der Waals surface area contributed by atoms with Crippen LogP contribution < -0.4 is 9.47 Å². The fourth-order valence-corrected chi connectivity index (χ4v) is 3.43. The third-order valence-electron chi connectivity index (χ3n) is 3.96. The second-order valence-electron chi connectivity index (χ2n) is 5.06. The molecular formula is C15H18ClNO3. The molecule has 0 radical (unpaired) electrons. The maximum Gasteiger partial charge on any atom is 0.235 e. The Balaban J connectivity index is 2.69. The van der Waals surface area contributed by atoms with Gasteiger partial charge in [0, 0.05) is 5.56 Å². The Bertz CT molecular complexity index is 559. The summed E-state index contributed by atoms with van der Waals surface area (Å²) in [5.74, 6) is 1.13. The number of carbonyl (C=O) groups excluding carboxylic acids is 1. The van der Waals surface area contributed by atoms with Crippen molar-refractivity contribution in [3.05, 3.63) is 22.2 Å². The first kappa shape index (κ1) is 14.9. The predicted octanol–water partition coefficient (Wildman–Crippen LogP) is 3.77. The van der Waals surface area contributed by atoms with Crippen molar-refractivity contribution in [2.45, 2.75) is 38.1 Å². The summed E-state index contributed by atoms with van der Waals surface area (Å²) in [6, 6.07) is 1.95. The fraction of sp³-hybridized carbons (Fsp3) is 0.533. The van der Waals surface area contributed by atoms with E-state index in [1.165, 1.54) is 0 Å². The Labute approximate surface area is 123 Å². The van der Waals surface area contributed by atoms with E-state index in [9.17, 15) is 4.79 Å². The van der Waals surface area contributed by atoms with Crippen molar-refractivity contribution in [3.8, 4) is 11.5 Å². The quantitative estimate of drug-likeness (QED) is 0.627. The van der Waals surface area contributed by atoms with Crippen LogP contribution in [0.1, 0.15) is 36.8 Å². The molecule has 1 aliphatic carbocycles. The summed E-state index contributed by atoms with van der Waals surface area (Å²) in [5, 5.41) is 0.428. The zero-order chi connectivity index (χ0) is 14.8. The van der Waals surface area contributed by atoms with E-state index < -0.39 is 5.54 Å². The van der Waals surface area contributed by atoms with Gasteiger partial charge in [0.15, 0.2) is 0 Å². The molecule has 108 valence electrons. The zero-order valence-electron chi connectivity index (χ0n) is 12.0. The third-order valence-corrected chi connectivity index (χ3v) is 4.31. The summed E-state index contributed by atoms with van der Waals surface area (Å²) in [6.07, 6.45) is 5.38. The highest BCUT2D eigenvalue weighted by molar-refractivity contribution is 6.33. The monoisotopic (exact) mass is 295 g/mol. The predicted molar refractivity (Wildman–Crippen MR) is 77.6 cm³/mol. The number of hydrogen-bond acceptors (Lipinski definition) is 4. The van der Waals surface area contributed by atoms with Crippen molar-refractivity contribution >= 4 is 17.7 Å². The van der Waals surface area contributed by atoms with Crippen LogP contribution in [0.2, 0.25) is 5.02 Å².